The molecule has 0 spiro atoms. The summed E-state index contributed by atoms with van der Waals surface area (Å²) >= 11 is 0. The van der Waals surface area contributed by atoms with Gasteiger partial charge in [0.25, 0.3) is 0 Å². The first-order chi connectivity index (χ1) is 8.36. The molecule has 2 heterocycles. The van der Waals surface area contributed by atoms with Crippen LogP contribution in [0.4, 0.5) is 0 Å². The van der Waals surface area contributed by atoms with Gasteiger partial charge in [-0.1, -0.05) is 25.1 Å². The lowest BCUT2D eigenvalue weighted by Gasteiger charge is -2.25. The summed E-state index contributed by atoms with van der Waals surface area (Å²) in [5.74, 6) is 0. The molecule has 90 valence electrons. The Balaban J connectivity index is 2.33. The monoisotopic (exact) mass is 228 g/mol. The SMILES string of the molecule is CC[C@@H]1NCCc2c1n(CC)c1ccccc21. The van der Waals surface area contributed by atoms with Gasteiger partial charge in [-0.15, -0.1) is 0 Å². The quantitative estimate of drug-likeness (QED) is 0.835. The molecule has 2 aromatic rings. The molecule has 0 saturated heterocycles. The van der Waals surface area contributed by atoms with E-state index >= 15 is 0 Å². The summed E-state index contributed by atoms with van der Waals surface area (Å²) in [5.41, 5.74) is 4.51. The molecule has 0 saturated carbocycles. The summed E-state index contributed by atoms with van der Waals surface area (Å²) in [6.45, 7) is 6.69. The van der Waals surface area contributed by atoms with E-state index in [0.717, 1.165) is 13.1 Å². The van der Waals surface area contributed by atoms with Crippen LogP contribution in [0.25, 0.3) is 10.9 Å². The number of benzene rings is 1. The highest BCUT2D eigenvalue weighted by molar-refractivity contribution is 5.86. The molecule has 0 unspecified atom stereocenters. The third kappa shape index (κ3) is 1.51. The maximum atomic E-state index is 3.64. The third-order valence-electron chi connectivity index (χ3n) is 3.94. The average Bonchev–Trinajstić information content (AvgIpc) is 2.72. The van der Waals surface area contributed by atoms with E-state index in [-0.39, 0.29) is 0 Å². The standard InChI is InChI=1S/C15H20N2/c1-3-13-15-12(9-10-16-13)11-7-5-6-8-14(11)17(15)4-2/h5-8,13,16H,3-4,9-10H2,1-2H3/t13-/m0/s1. The van der Waals surface area contributed by atoms with Crippen LogP contribution in [0.2, 0.25) is 0 Å². The second-order valence-corrected chi connectivity index (χ2v) is 4.79. The summed E-state index contributed by atoms with van der Waals surface area (Å²) in [4.78, 5) is 0. The van der Waals surface area contributed by atoms with Crippen molar-refractivity contribution in [2.75, 3.05) is 6.54 Å². The lowest BCUT2D eigenvalue weighted by Crippen LogP contribution is -2.30. The number of para-hydroxylation sites is 1. The molecule has 0 amide bonds. The fraction of sp³-hybridized carbons (Fsp3) is 0.467. The minimum absolute atomic E-state index is 0.533. The number of aromatic nitrogens is 1. The van der Waals surface area contributed by atoms with Crippen molar-refractivity contribution < 1.29 is 0 Å². The largest absolute Gasteiger partial charge is 0.343 e. The van der Waals surface area contributed by atoms with Gasteiger partial charge in [-0.25, -0.2) is 0 Å². The van der Waals surface area contributed by atoms with Crippen LogP contribution < -0.4 is 5.32 Å². The van der Waals surface area contributed by atoms with Crippen molar-refractivity contribution in [3.8, 4) is 0 Å². The normalized spacial score (nSPS) is 19.5. The second kappa shape index (κ2) is 4.19. The topological polar surface area (TPSA) is 17.0 Å². The molecule has 0 aliphatic carbocycles. The number of rotatable bonds is 2. The van der Waals surface area contributed by atoms with Crippen LogP contribution in [-0.2, 0) is 13.0 Å². The number of hydrogen-bond acceptors (Lipinski definition) is 1. The molecule has 3 rings (SSSR count). The van der Waals surface area contributed by atoms with Crippen molar-refractivity contribution in [3.05, 3.63) is 35.5 Å². The molecule has 2 nitrogen and oxygen atoms in total. The molecule has 1 atom stereocenters. The number of nitrogens with zero attached hydrogens (tertiary/aromatic N) is 1. The van der Waals surface area contributed by atoms with E-state index in [1.165, 1.54) is 29.4 Å². The maximum Gasteiger partial charge on any atom is 0.0485 e. The highest BCUT2D eigenvalue weighted by Crippen LogP contribution is 2.34. The number of fused-ring (bicyclic) bond motifs is 3. The van der Waals surface area contributed by atoms with Crippen LogP contribution in [0.15, 0.2) is 24.3 Å². The van der Waals surface area contributed by atoms with Crippen molar-refractivity contribution in [1.29, 1.82) is 0 Å². The number of aryl methyl sites for hydroxylation is 1. The fourth-order valence-electron chi connectivity index (χ4n) is 3.20. The Morgan fingerprint density at radius 3 is 2.88 bits per heavy atom. The van der Waals surface area contributed by atoms with Gasteiger partial charge in [-0.2, -0.15) is 0 Å². The van der Waals surface area contributed by atoms with Crippen molar-refractivity contribution >= 4 is 10.9 Å². The molecule has 0 fully saturated rings. The predicted octanol–water partition coefficient (Wildman–Crippen LogP) is 3.26. The van der Waals surface area contributed by atoms with Crippen molar-refractivity contribution in [2.24, 2.45) is 0 Å². The van der Waals surface area contributed by atoms with Crippen molar-refractivity contribution in [1.82, 2.24) is 9.88 Å². The van der Waals surface area contributed by atoms with Gasteiger partial charge in [0, 0.05) is 29.2 Å². The van der Waals surface area contributed by atoms with Gasteiger partial charge >= 0.3 is 0 Å². The first kappa shape index (κ1) is 10.8. The van der Waals surface area contributed by atoms with Gasteiger partial charge < -0.3 is 9.88 Å². The Hall–Kier alpha value is -1.28. The van der Waals surface area contributed by atoms with Crippen molar-refractivity contribution in [2.45, 2.75) is 39.3 Å². The lowest BCUT2D eigenvalue weighted by atomic mass is 9.98. The number of hydrogen-bond donors (Lipinski definition) is 1. The molecule has 1 aliphatic heterocycles. The minimum atomic E-state index is 0.533. The van der Waals surface area contributed by atoms with Crippen LogP contribution in [0, 0.1) is 0 Å². The number of nitrogens with one attached hydrogen (secondary N) is 1. The molecular formula is C15H20N2. The van der Waals surface area contributed by atoms with E-state index in [0.29, 0.717) is 6.04 Å². The van der Waals surface area contributed by atoms with Gasteiger partial charge in [-0.05, 0) is 37.9 Å². The van der Waals surface area contributed by atoms with E-state index in [1.54, 1.807) is 5.56 Å². The van der Waals surface area contributed by atoms with Gasteiger partial charge in [0.05, 0.1) is 0 Å². The zero-order valence-corrected chi connectivity index (χ0v) is 10.7. The van der Waals surface area contributed by atoms with Crippen molar-refractivity contribution in [3.63, 3.8) is 0 Å². The average molecular weight is 228 g/mol. The highest BCUT2D eigenvalue weighted by atomic mass is 15.1. The smallest absolute Gasteiger partial charge is 0.0485 e. The van der Waals surface area contributed by atoms with Crippen LogP contribution in [0.3, 0.4) is 0 Å². The summed E-state index contributed by atoms with van der Waals surface area (Å²) in [5, 5.41) is 5.10. The first-order valence-electron chi connectivity index (χ1n) is 6.70. The van der Waals surface area contributed by atoms with Gasteiger partial charge in [0.1, 0.15) is 0 Å². The van der Waals surface area contributed by atoms with E-state index in [9.17, 15) is 0 Å². The predicted molar refractivity (Wildman–Crippen MR) is 72.4 cm³/mol. The lowest BCUT2D eigenvalue weighted by molar-refractivity contribution is 0.463. The van der Waals surface area contributed by atoms with E-state index in [4.69, 9.17) is 0 Å². The first-order valence-corrected chi connectivity index (χ1v) is 6.70. The van der Waals surface area contributed by atoms with Crippen LogP contribution in [0.5, 0.6) is 0 Å². The van der Waals surface area contributed by atoms with Crippen LogP contribution in [0.1, 0.15) is 37.6 Å². The maximum absolute atomic E-state index is 3.64. The Labute approximate surface area is 103 Å². The van der Waals surface area contributed by atoms with Crippen LogP contribution >= 0.6 is 0 Å². The molecule has 1 aromatic heterocycles. The minimum Gasteiger partial charge on any atom is -0.343 e. The Morgan fingerprint density at radius 1 is 1.29 bits per heavy atom. The molecule has 2 heteroatoms. The molecule has 0 bridgehead atoms. The molecule has 1 aromatic carbocycles. The third-order valence-corrected chi connectivity index (χ3v) is 3.94. The summed E-state index contributed by atoms with van der Waals surface area (Å²) in [6, 6.07) is 9.37. The second-order valence-electron chi connectivity index (χ2n) is 4.79. The Morgan fingerprint density at radius 2 is 2.12 bits per heavy atom. The van der Waals surface area contributed by atoms with Gasteiger partial charge in [0.15, 0.2) is 0 Å². The summed E-state index contributed by atoms with van der Waals surface area (Å²) in [6.07, 6.45) is 2.34. The Kier molecular flexibility index (Phi) is 2.67. The zero-order valence-electron chi connectivity index (χ0n) is 10.7. The van der Waals surface area contributed by atoms with Crippen LogP contribution in [-0.4, -0.2) is 11.1 Å². The highest BCUT2D eigenvalue weighted by Gasteiger charge is 2.25. The molecule has 0 radical (unpaired) electrons. The van der Waals surface area contributed by atoms with E-state index < -0.39 is 0 Å². The summed E-state index contributed by atoms with van der Waals surface area (Å²) < 4.78 is 2.49. The fourth-order valence-corrected chi connectivity index (χ4v) is 3.20. The van der Waals surface area contributed by atoms with Gasteiger partial charge in [0.2, 0.25) is 0 Å². The molecule has 1 aliphatic rings. The summed E-state index contributed by atoms with van der Waals surface area (Å²) in [7, 11) is 0. The zero-order chi connectivity index (χ0) is 11.8. The van der Waals surface area contributed by atoms with E-state index in [1.807, 2.05) is 0 Å². The van der Waals surface area contributed by atoms with Gasteiger partial charge in [-0.3, -0.25) is 0 Å². The molecule has 17 heavy (non-hydrogen) atoms. The Bertz CT molecular complexity index is 506. The molecule has 1 N–H and O–H groups in total. The van der Waals surface area contributed by atoms with E-state index in [2.05, 4.69) is 48.0 Å². The molecular weight excluding hydrogens is 208 g/mol.